The fourth-order valence-electron chi connectivity index (χ4n) is 2.91. The van der Waals surface area contributed by atoms with Gasteiger partial charge in [0.25, 0.3) is 5.91 Å². The highest BCUT2D eigenvalue weighted by Crippen LogP contribution is 2.18. The summed E-state index contributed by atoms with van der Waals surface area (Å²) in [6.45, 7) is 2.44. The summed E-state index contributed by atoms with van der Waals surface area (Å²) in [6, 6.07) is 11.5. The van der Waals surface area contributed by atoms with Crippen LogP contribution in [0.1, 0.15) is 40.0 Å². The third-order valence-electron chi connectivity index (χ3n) is 4.36. The van der Waals surface area contributed by atoms with Gasteiger partial charge in [0, 0.05) is 24.5 Å². The molecule has 1 aromatic carbocycles. The average molecular weight is 389 g/mol. The molecule has 0 aliphatic rings. The molecule has 0 saturated heterocycles. The van der Waals surface area contributed by atoms with Gasteiger partial charge in [0.1, 0.15) is 0 Å². The molecule has 0 spiro atoms. The molecule has 0 bridgehead atoms. The molecule has 29 heavy (non-hydrogen) atoms. The van der Waals surface area contributed by atoms with Crippen LogP contribution in [0.5, 0.6) is 0 Å². The molecule has 0 unspecified atom stereocenters. The molecule has 146 valence electrons. The van der Waals surface area contributed by atoms with Crippen molar-refractivity contribution in [2.45, 2.75) is 19.8 Å². The molecule has 4 rings (SSSR count). The van der Waals surface area contributed by atoms with Crippen molar-refractivity contribution in [3.63, 3.8) is 0 Å². The number of nitrogens with zero attached hydrogens (tertiary/aromatic N) is 5. The summed E-state index contributed by atoms with van der Waals surface area (Å²) < 4.78 is 1.80. The van der Waals surface area contributed by atoms with Crippen LogP contribution in [0.3, 0.4) is 0 Å². The molecule has 4 aromatic rings. The van der Waals surface area contributed by atoms with E-state index in [0.29, 0.717) is 18.0 Å². The Balaban J connectivity index is 1.55. The second kappa shape index (κ2) is 8.01. The number of aromatic nitrogens is 6. The SMILES string of the molecule is CCCNC(=O)c1n[nH]nc1C(=O)Cc1ccn2cc(-c3ccccc3)nc2n1. The molecule has 9 heteroatoms. The summed E-state index contributed by atoms with van der Waals surface area (Å²) >= 11 is 0. The van der Waals surface area contributed by atoms with Crippen LogP contribution in [-0.4, -0.2) is 48.0 Å². The lowest BCUT2D eigenvalue weighted by Gasteiger charge is -2.02. The number of amides is 1. The number of ketones is 1. The number of H-pyrrole nitrogens is 1. The number of carbonyl (C=O) groups is 2. The van der Waals surface area contributed by atoms with Crippen LogP contribution >= 0.6 is 0 Å². The van der Waals surface area contributed by atoms with E-state index in [9.17, 15) is 9.59 Å². The van der Waals surface area contributed by atoms with E-state index in [1.807, 2.05) is 49.6 Å². The number of nitrogens with one attached hydrogen (secondary N) is 2. The summed E-state index contributed by atoms with van der Waals surface area (Å²) in [5.41, 5.74) is 2.33. The molecule has 9 nitrogen and oxygen atoms in total. The smallest absolute Gasteiger partial charge is 0.274 e. The molecule has 1 amide bonds. The Morgan fingerprint density at radius 2 is 1.86 bits per heavy atom. The van der Waals surface area contributed by atoms with Crippen molar-refractivity contribution < 1.29 is 9.59 Å². The molecule has 0 aliphatic heterocycles. The van der Waals surface area contributed by atoms with Gasteiger partial charge < -0.3 is 5.32 Å². The lowest BCUT2D eigenvalue weighted by molar-refractivity contribution is 0.0929. The molecule has 0 saturated carbocycles. The zero-order valence-corrected chi connectivity index (χ0v) is 15.8. The Morgan fingerprint density at radius 3 is 2.66 bits per heavy atom. The van der Waals surface area contributed by atoms with Gasteiger partial charge in [0.15, 0.2) is 17.2 Å². The van der Waals surface area contributed by atoms with E-state index in [0.717, 1.165) is 17.7 Å². The summed E-state index contributed by atoms with van der Waals surface area (Å²) in [4.78, 5) is 33.8. The van der Waals surface area contributed by atoms with Gasteiger partial charge in [0.2, 0.25) is 5.78 Å². The van der Waals surface area contributed by atoms with Crippen molar-refractivity contribution in [2.75, 3.05) is 6.54 Å². The van der Waals surface area contributed by atoms with Crippen LogP contribution in [0, 0.1) is 0 Å². The molecule has 0 atom stereocenters. The molecule has 0 aliphatic carbocycles. The summed E-state index contributed by atoms with van der Waals surface area (Å²) in [5.74, 6) is -0.268. The van der Waals surface area contributed by atoms with Crippen molar-refractivity contribution >= 4 is 17.5 Å². The van der Waals surface area contributed by atoms with Gasteiger partial charge in [0.05, 0.1) is 17.8 Å². The maximum absolute atomic E-state index is 12.7. The average Bonchev–Trinajstić information content (AvgIpc) is 3.39. The number of Topliss-reactive ketones (excluding diaryl/α,β-unsaturated/α-hetero) is 1. The molecule has 2 N–H and O–H groups in total. The number of fused-ring (bicyclic) bond motifs is 1. The molecule has 0 fully saturated rings. The zero-order chi connectivity index (χ0) is 20.2. The first kappa shape index (κ1) is 18.5. The Morgan fingerprint density at radius 1 is 1.07 bits per heavy atom. The first-order chi connectivity index (χ1) is 14.2. The fraction of sp³-hybridized carbons (Fsp3) is 0.200. The van der Waals surface area contributed by atoms with Crippen LogP contribution in [0.2, 0.25) is 0 Å². The Bertz CT molecular complexity index is 1160. The van der Waals surface area contributed by atoms with Crippen molar-refractivity contribution in [3.05, 3.63) is 65.9 Å². The van der Waals surface area contributed by atoms with Crippen LogP contribution in [0.25, 0.3) is 17.0 Å². The van der Waals surface area contributed by atoms with Crippen LogP contribution in [0.4, 0.5) is 0 Å². The number of hydrogen-bond donors (Lipinski definition) is 2. The summed E-state index contributed by atoms with van der Waals surface area (Å²) in [6.07, 6.45) is 4.47. The van der Waals surface area contributed by atoms with Gasteiger partial charge in [-0.15, -0.1) is 0 Å². The molecule has 0 radical (unpaired) electrons. The van der Waals surface area contributed by atoms with Gasteiger partial charge in [-0.25, -0.2) is 9.97 Å². The highest BCUT2D eigenvalue weighted by molar-refractivity contribution is 6.06. The maximum Gasteiger partial charge on any atom is 0.274 e. The first-order valence-corrected chi connectivity index (χ1v) is 9.28. The second-order valence-corrected chi connectivity index (χ2v) is 6.49. The van der Waals surface area contributed by atoms with E-state index in [-0.39, 0.29) is 23.6 Å². The summed E-state index contributed by atoms with van der Waals surface area (Å²) in [7, 11) is 0. The molecule has 3 heterocycles. The Labute approximate surface area is 166 Å². The normalized spacial score (nSPS) is 10.9. The molecular formula is C20H19N7O2. The lowest BCUT2D eigenvalue weighted by Crippen LogP contribution is -2.26. The van der Waals surface area contributed by atoms with Crippen molar-refractivity contribution in [1.82, 2.24) is 35.1 Å². The van der Waals surface area contributed by atoms with Gasteiger partial charge >= 0.3 is 0 Å². The predicted molar refractivity (Wildman–Crippen MR) is 105 cm³/mol. The molecular weight excluding hydrogens is 370 g/mol. The van der Waals surface area contributed by atoms with E-state index < -0.39 is 5.91 Å². The maximum atomic E-state index is 12.7. The van der Waals surface area contributed by atoms with Gasteiger partial charge in [-0.3, -0.25) is 14.0 Å². The van der Waals surface area contributed by atoms with E-state index in [2.05, 4.69) is 30.7 Å². The van der Waals surface area contributed by atoms with Crippen LogP contribution in [-0.2, 0) is 6.42 Å². The number of rotatable bonds is 7. The van der Waals surface area contributed by atoms with Crippen molar-refractivity contribution in [1.29, 1.82) is 0 Å². The number of imidazole rings is 1. The van der Waals surface area contributed by atoms with Crippen LogP contribution < -0.4 is 5.32 Å². The highest BCUT2D eigenvalue weighted by Gasteiger charge is 2.22. The monoisotopic (exact) mass is 389 g/mol. The quantitative estimate of drug-likeness (QED) is 0.467. The Kier molecular flexibility index (Phi) is 5.10. The van der Waals surface area contributed by atoms with Gasteiger partial charge in [-0.05, 0) is 12.5 Å². The summed E-state index contributed by atoms with van der Waals surface area (Å²) in [5, 5.41) is 12.7. The zero-order valence-electron chi connectivity index (χ0n) is 15.8. The highest BCUT2D eigenvalue weighted by atomic mass is 16.2. The third kappa shape index (κ3) is 3.88. The predicted octanol–water partition coefficient (Wildman–Crippen LogP) is 2.08. The minimum Gasteiger partial charge on any atom is -0.351 e. The van der Waals surface area contributed by atoms with E-state index in [1.54, 1.807) is 10.5 Å². The number of hydrogen-bond acceptors (Lipinski definition) is 6. The lowest BCUT2D eigenvalue weighted by atomic mass is 10.1. The van der Waals surface area contributed by atoms with E-state index in [1.165, 1.54) is 0 Å². The van der Waals surface area contributed by atoms with Gasteiger partial charge in [-0.2, -0.15) is 15.4 Å². The largest absolute Gasteiger partial charge is 0.351 e. The fourth-order valence-corrected chi connectivity index (χ4v) is 2.91. The number of benzene rings is 1. The number of carbonyl (C=O) groups excluding carboxylic acids is 2. The first-order valence-electron chi connectivity index (χ1n) is 9.28. The van der Waals surface area contributed by atoms with Gasteiger partial charge in [-0.1, -0.05) is 37.3 Å². The second-order valence-electron chi connectivity index (χ2n) is 6.49. The number of aromatic amines is 1. The van der Waals surface area contributed by atoms with E-state index in [4.69, 9.17) is 0 Å². The minimum atomic E-state index is -0.423. The third-order valence-corrected chi connectivity index (χ3v) is 4.36. The van der Waals surface area contributed by atoms with Crippen LogP contribution in [0.15, 0.2) is 48.8 Å². The molecule has 3 aromatic heterocycles. The minimum absolute atomic E-state index is 0.00305. The Hall–Kier alpha value is -3.88. The standard InChI is InChI=1S/C20H19N7O2/c1-2-9-21-19(29)18-17(24-26-25-18)16(28)11-14-8-10-27-12-15(23-20(27)22-14)13-6-4-3-5-7-13/h3-8,10,12H,2,9,11H2,1H3,(H,21,29)(H,24,25,26). The van der Waals surface area contributed by atoms with Crippen molar-refractivity contribution in [3.8, 4) is 11.3 Å². The van der Waals surface area contributed by atoms with Crippen molar-refractivity contribution in [2.24, 2.45) is 0 Å². The van der Waals surface area contributed by atoms with E-state index >= 15 is 0 Å². The topological polar surface area (TPSA) is 118 Å².